The van der Waals surface area contributed by atoms with Gasteiger partial charge < -0.3 is 19.6 Å². The van der Waals surface area contributed by atoms with Gasteiger partial charge in [-0.15, -0.1) is 0 Å². The quantitative estimate of drug-likeness (QED) is 0.844. The van der Waals surface area contributed by atoms with E-state index >= 15 is 0 Å². The van der Waals surface area contributed by atoms with Crippen molar-refractivity contribution in [2.24, 2.45) is 0 Å². The van der Waals surface area contributed by atoms with Crippen LogP contribution in [0.1, 0.15) is 22.3 Å². The number of ether oxygens (including phenoxy) is 1. The first kappa shape index (κ1) is 18.4. The number of aliphatic carboxylic acids is 1. The Morgan fingerprint density at radius 3 is 2.56 bits per heavy atom. The molecular formula is C20H20N2O5. The van der Waals surface area contributed by atoms with Crippen LogP contribution < -0.4 is 9.64 Å². The van der Waals surface area contributed by atoms with E-state index in [1.165, 1.54) is 4.90 Å². The fourth-order valence-corrected chi connectivity index (χ4v) is 2.85. The number of para-hydroxylation sites is 2. The van der Waals surface area contributed by atoms with Gasteiger partial charge in [0.05, 0.1) is 18.7 Å². The van der Waals surface area contributed by atoms with Crippen LogP contribution in [0.25, 0.3) is 0 Å². The number of hydrogen-bond acceptors (Lipinski definition) is 4. The van der Waals surface area contributed by atoms with Gasteiger partial charge in [-0.3, -0.25) is 14.4 Å². The van der Waals surface area contributed by atoms with E-state index in [-0.39, 0.29) is 31.4 Å². The Hall–Kier alpha value is -3.35. The number of fused-ring (bicyclic) bond motifs is 1. The molecule has 27 heavy (non-hydrogen) atoms. The Bertz CT molecular complexity index is 863. The molecule has 2 aromatic rings. The second kappa shape index (κ2) is 7.90. The number of carbonyl (C=O) groups excluding carboxylic acids is 2. The lowest BCUT2D eigenvalue weighted by atomic mass is 10.1. The van der Waals surface area contributed by atoms with E-state index in [0.717, 1.165) is 11.3 Å². The number of nitrogens with zero attached hydrogens (tertiary/aromatic N) is 2. The number of carbonyl (C=O) groups is 3. The second-order valence-electron chi connectivity index (χ2n) is 6.30. The van der Waals surface area contributed by atoms with Crippen molar-refractivity contribution < 1.29 is 24.2 Å². The van der Waals surface area contributed by atoms with E-state index in [1.807, 2.05) is 24.3 Å². The van der Waals surface area contributed by atoms with Gasteiger partial charge in [0.2, 0.25) is 0 Å². The smallest absolute Gasteiger partial charge is 0.305 e. The molecule has 1 aliphatic rings. The van der Waals surface area contributed by atoms with Gasteiger partial charge in [-0.1, -0.05) is 24.3 Å². The minimum Gasteiger partial charge on any atom is -0.482 e. The van der Waals surface area contributed by atoms with E-state index < -0.39 is 5.97 Å². The Morgan fingerprint density at radius 2 is 1.85 bits per heavy atom. The van der Waals surface area contributed by atoms with Gasteiger partial charge in [0.15, 0.2) is 6.61 Å². The molecular weight excluding hydrogens is 348 g/mol. The standard InChI is InChI=1S/C20H20N2O5/c1-21(11-10-19(24)25)20(26)15-8-6-14(7-9-15)12-22-16-4-2-3-5-17(16)27-13-18(22)23/h2-9H,10-13H2,1H3,(H,24,25). The lowest BCUT2D eigenvalue weighted by molar-refractivity contribution is -0.137. The Labute approximate surface area is 156 Å². The van der Waals surface area contributed by atoms with Crippen LogP contribution >= 0.6 is 0 Å². The zero-order valence-electron chi connectivity index (χ0n) is 14.9. The summed E-state index contributed by atoms with van der Waals surface area (Å²) in [5.74, 6) is -0.637. The maximum atomic E-state index is 12.3. The molecule has 0 aromatic heterocycles. The lowest BCUT2D eigenvalue weighted by Crippen LogP contribution is -2.38. The first-order valence-electron chi connectivity index (χ1n) is 8.54. The van der Waals surface area contributed by atoms with E-state index in [2.05, 4.69) is 0 Å². The van der Waals surface area contributed by atoms with Crippen LogP contribution in [0.15, 0.2) is 48.5 Å². The summed E-state index contributed by atoms with van der Waals surface area (Å²) in [6, 6.07) is 14.3. The summed E-state index contributed by atoms with van der Waals surface area (Å²) >= 11 is 0. The van der Waals surface area contributed by atoms with Gasteiger partial charge in [0.25, 0.3) is 11.8 Å². The predicted octanol–water partition coefficient (Wildman–Crippen LogP) is 2.16. The summed E-state index contributed by atoms with van der Waals surface area (Å²) in [5.41, 5.74) is 2.08. The Kier molecular flexibility index (Phi) is 5.40. The zero-order valence-corrected chi connectivity index (χ0v) is 14.9. The van der Waals surface area contributed by atoms with Crippen LogP contribution in [0.5, 0.6) is 5.75 Å². The largest absolute Gasteiger partial charge is 0.482 e. The molecule has 2 aromatic carbocycles. The first-order chi connectivity index (χ1) is 13.0. The van der Waals surface area contributed by atoms with E-state index in [4.69, 9.17) is 9.84 Å². The molecule has 7 nitrogen and oxygen atoms in total. The highest BCUT2D eigenvalue weighted by Gasteiger charge is 2.25. The van der Waals surface area contributed by atoms with Crippen molar-refractivity contribution in [1.82, 2.24) is 4.90 Å². The average molecular weight is 368 g/mol. The minimum atomic E-state index is -0.944. The lowest BCUT2D eigenvalue weighted by Gasteiger charge is -2.29. The summed E-state index contributed by atoms with van der Waals surface area (Å²) in [4.78, 5) is 38.2. The number of rotatable bonds is 6. The molecule has 1 N–H and O–H groups in total. The van der Waals surface area contributed by atoms with Crippen LogP contribution in [-0.2, 0) is 16.1 Å². The maximum absolute atomic E-state index is 12.3. The van der Waals surface area contributed by atoms with Crippen molar-refractivity contribution in [2.45, 2.75) is 13.0 Å². The SMILES string of the molecule is CN(CCC(=O)O)C(=O)c1ccc(CN2C(=O)COc3ccccc32)cc1. The number of hydrogen-bond donors (Lipinski definition) is 1. The van der Waals surface area contributed by atoms with Gasteiger partial charge >= 0.3 is 5.97 Å². The van der Waals surface area contributed by atoms with Gasteiger partial charge in [-0.25, -0.2) is 0 Å². The molecule has 0 fully saturated rings. The highest BCUT2D eigenvalue weighted by molar-refractivity contribution is 5.98. The van der Waals surface area contributed by atoms with E-state index in [0.29, 0.717) is 17.9 Å². The normalized spacial score (nSPS) is 12.9. The topological polar surface area (TPSA) is 87.2 Å². The highest BCUT2D eigenvalue weighted by atomic mass is 16.5. The molecule has 1 heterocycles. The van der Waals surface area contributed by atoms with E-state index in [1.54, 1.807) is 36.2 Å². The number of carboxylic acid groups (broad SMARTS) is 1. The fraction of sp³-hybridized carbons (Fsp3) is 0.250. The molecule has 140 valence electrons. The maximum Gasteiger partial charge on any atom is 0.305 e. The third-order valence-corrected chi connectivity index (χ3v) is 4.36. The van der Waals surface area contributed by atoms with Crippen molar-refractivity contribution in [2.75, 3.05) is 25.1 Å². The summed E-state index contributed by atoms with van der Waals surface area (Å²) in [7, 11) is 1.57. The Morgan fingerprint density at radius 1 is 1.15 bits per heavy atom. The average Bonchev–Trinajstić information content (AvgIpc) is 2.68. The molecule has 0 radical (unpaired) electrons. The number of carboxylic acids is 1. The number of anilines is 1. The summed E-state index contributed by atoms with van der Waals surface area (Å²) in [5, 5.41) is 8.72. The Balaban J connectivity index is 1.70. The highest BCUT2D eigenvalue weighted by Crippen LogP contribution is 2.32. The molecule has 0 bridgehead atoms. The van der Waals surface area contributed by atoms with Crippen molar-refractivity contribution >= 4 is 23.5 Å². The molecule has 7 heteroatoms. The number of amides is 2. The van der Waals surface area contributed by atoms with Crippen LogP contribution in [0.3, 0.4) is 0 Å². The molecule has 1 aliphatic heterocycles. The van der Waals surface area contributed by atoms with Gasteiger partial charge in [-0.2, -0.15) is 0 Å². The van der Waals surface area contributed by atoms with Crippen LogP contribution in [0, 0.1) is 0 Å². The van der Waals surface area contributed by atoms with Crippen LogP contribution in [0.2, 0.25) is 0 Å². The van der Waals surface area contributed by atoms with Crippen molar-refractivity contribution in [3.05, 3.63) is 59.7 Å². The fourth-order valence-electron chi connectivity index (χ4n) is 2.85. The molecule has 3 rings (SSSR count). The van der Waals surface area contributed by atoms with Crippen LogP contribution in [0.4, 0.5) is 5.69 Å². The first-order valence-corrected chi connectivity index (χ1v) is 8.54. The summed E-state index contributed by atoms with van der Waals surface area (Å²) in [6.07, 6.45) is -0.0983. The second-order valence-corrected chi connectivity index (χ2v) is 6.30. The summed E-state index contributed by atoms with van der Waals surface area (Å²) < 4.78 is 5.44. The monoisotopic (exact) mass is 368 g/mol. The predicted molar refractivity (Wildman–Crippen MR) is 98.8 cm³/mol. The third kappa shape index (κ3) is 4.25. The van der Waals surface area contributed by atoms with Crippen molar-refractivity contribution in [1.29, 1.82) is 0 Å². The van der Waals surface area contributed by atoms with Crippen molar-refractivity contribution in [3.63, 3.8) is 0 Å². The van der Waals surface area contributed by atoms with E-state index in [9.17, 15) is 14.4 Å². The van der Waals surface area contributed by atoms with Crippen molar-refractivity contribution in [3.8, 4) is 5.75 Å². The van der Waals surface area contributed by atoms with Gasteiger partial charge in [0, 0.05) is 19.2 Å². The number of benzene rings is 2. The molecule has 0 aliphatic carbocycles. The van der Waals surface area contributed by atoms with Crippen LogP contribution in [-0.4, -0.2) is 48.0 Å². The van der Waals surface area contributed by atoms with Gasteiger partial charge in [-0.05, 0) is 29.8 Å². The zero-order chi connectivity index (χ0) is 19.4. The summed E-state index contributed by atoms with van der Waals surface area (Å²) in [6.45, 7) is 0.527. The third-order valence-electron chi connectivity index (χ3n) is 4.36. The molecule has 0 atom stereocenters. The van der Waals surface area contributed by atoms with Gasteiger partial charge in [0.1, 0.15) is 5.75 Å². The molecule has 0 saturated heterocycles. The molecule has 0 saturated carbocycles. The minimum absolute atomic E-state index is 0.00194. The molecule has 0 spiro atoms. The molecule has 0 unspecified atom stereocenters. The molecule has 2 amide bonds.